The lowest BCUT2D eigenvalue weighted by molar-refractivity contribution is 0.629. The Balaban J connectivity index is 2.00. The summed E-state index contributed by atoms with van der Waals surface area (Å²) < 4.78 is 12.9. The summed E-state index contributed by atoms with van der Waals surface area (Å²) in [5.41, 5.74) is 2.00. The Bertz CT molecular complexity index is 477. The lowest BCUT2D eigenvalue weighted by Crippen LogP contribution is -2.11. The maximum absolute atomic E-state index is 12.9. The van der Waals surface area contributed by atoms with Crippen LogP contribution in [-0.4, -0.2) is 7.28 Å². The number of benzene rings is 2. The minimum Gasteiger partial charge on any atom is -0.207 e. The van der Waals surface area contributed by atoms with Crippen molar-refractivity contribution in [3.63, 3.8) is 0 Å². The van der Waals surface area contributed by atoms with Crippen LogP contribution in [0.25, 0.3) is 6.08 Å². The van der Waals surface area contributed by atoms with Crippen molar-refractivity contribution in [1.82, 2.24) is 0 Å². The van der Waals surface area contributed by atoms with Gasteiger partial charge in [0.05, 0.1) is 0 Å². The third kappa shape index (κ3) is 3.09. The third-order valence-electron chi connectivity index (χ3n) is 2.23. The van der Waals surface area contributed by atoms with Gasteiger partial charge in [0.15, 0.2) is 7.28 Å². The maximum Gasteiger partial charge on any atom is 0.181 e. The number of hydrogen-bond acceptors (Lipinski definition) is 0. The van der Waals surface area contributed by atoms with E-state index in [-0.39, 0.29) is 5.82 Å². The van der Waals surface area contributed by atoms with E-state index in [0.29, 0.717) is 0 Å². The summed E-state index contributed by atoms with van der Waals surface area (Å²) >= 11 is 0. The van der Waals surface area contributed by atoms with Gasteiger partial charge in [0.2, 0.25) is 0 Å². The van der Waals surface area contributed by atoms with Crippen molar-refractivity contribution in [1.29, 1.82) is 0 Å². The summed E-state index contributed by atoms with van der Waals surface area (Å²) in [5.74, 6) is 1.71. The molecule has 2 rings (SSSR count). The van der Waals surface area contributed by atoms with E-state index < -0.39 is 0 Å². The van der Waals surface area contributed by atoms with Crippen LogP contribution in [0, 0.1) is 5.82 Å². The highest BCUT2D eigenvalue weighted by Gasteiger charge is 1.93. The molecule has 0 atom stereocenters. The van der Waals surface area contributed by atoms with Crippen molar-refractivity contribution in [3.05, 3.63) is 72.0 Å². The van der Waals surface area contributed by atoms with Gasteiger partial charge in [-0.25, -0.2) is 4.39 Å². The summed E-state index contributed by atoms with van der Waals surface area (Å²) in [5, 5.41) is 0. The Morgan fingerprint density at radius 3 is 2.50 bits per heavy atom. The fourth-order valence-corrected chi connectivity index (χ4v) is 1.44. The summed E-state index contributed by atoms with van der Waals surface area (Å²) in [6.45, 7) is 0. The van der Waals surface area contributed by atoms with E-state index in [9.17, 15) is 4.39 Å². The first kappa shape index (κ1) is 10.7. The topological polar surface area (TPSA) is 0 Å². The minimum atomic E-state index is -0.207. The zero-order chi connectivity index (χ0) is 11.2. The standard InChI is InChI=1S/C14H11BF/c16-14-8-4-7-13(11-14)15-10-9-12-5-2-1-3-6-12/h1-11H. The molecule has 0 unspecified atom stereocenters. The van der Waals surface area contributed by atoms with E-state index in [1.165, 1.54) is 12.1 Å². The molecule has 0 N–H and O–H groups in total. The van der Waals surface area contributed by atoms with Crippen molar-refractivity contribution >= 4 is 18.8 Å². The molecule has 16 heavy (non-hydrogen) atoms. The van der Waals surface area contributed by atoms with E-state index in [4.69, 9.17) is 0 Å². The second-order valence-corrected chi connectivity index (χ2v) is 3.49. The zero-order valence-electron chi connectivity index (χ0n) is 8.81. The molecular weight excluding hydrogens is 198 g/mol. The van der Waals surface area contributed by atoms with Crippen molar-refractivity contribution in [2.75, 3.05) is 0 Å². The molecule has 0 fully saturated rings. The molecule has 2 aromatic carbocycles. The Hall–Kier alpha value is -1.83. The molecular formula is C14H11BF. The molecule has 0 saturated carbocycles. The van der Waals surface area contributed by atoms with Crippen LogP contribution in [0.15, 0.2) is 60.6 Å². The van der Waals surface area contributed by atoms with Crippen LogP contribution in [0.4, 0.5) is 4.39 Å². The number of halogens is 1. The molecule has 2 aromatic rings. The Morgan fingerprint density at radius 1 is 0.938 bits per heavy atom. The summed E-state index contributed by atoms with van der Waals surface area (Å²) in [7, 11) is 1.88. The van der Waals surface area contributed by atoms with E-state index >= 15 is 0 Å². The summed E-state index contributed by atoms with van der Waals surface area (Å²) in [6.07, 6.45) is 1.99. The van der Waals surface area contributed by atoms with Gasteiger partial charge >= 0.3 is 0 Å². The smallest absolute Gasteiger partial charge is 0.181 e. The second kappa shape index (κ2) is 5.31. The van der Waals surface area contributed by atoms with Crippen LogP contribution >= 0.6 is 0 Å². The fraction of sp³-hybridized carbons (Fsp3) is 0. The molecule has 0 aromatic heterocycles. The van der Waals surface area contributed by atoms with Gasteiger partial charge in [-0.2, -0.15) is 0 Å². The monoisotopic (exact) mass is 209 g/mol. The van der Waals surface area contributed by atoms with Crippen molar-refractivity contribution in [3.8, 4) is 0 Å². The quantitative estimate of drug-likeness (QED) is 0.681. The fourth-order valence-electron chi connectivity index (χ4n) is 1.44. The van der Waals surface area contributed by atoms with Crippen molar-refractivity contribution < 1.29 is 4.39 Å². The van der Waals surface area contributed by atoms with Gasteiger partial charge in [0.1, 0.15) is 5.82 Å². The predicted molar refractivity (Wildman–Crippen MR) is 67.3 cm³/mol. The first-order chi connectivity index (χ1) is 7.84. The molecule has 0 aliphatic rings. The molecule has 1 radical (unpaired) electrons. The Labute approximate surface area is 95.7 Å². The minimum absolute atomic E-state index is 0.207. The SMILES string of the molecule is Fc1cccc([B]C=Cc2ccccc2)c1. The lowest BCUT2D eigenvalue weighted by atomic mass is 9.70. The van der Waals surface area contributed by atoms with E-state index in [1.54, 1.807) is 6.07 Å². The molecule has 77 valence electrons. The average Bonchev–Trinajstić information content (AvgIpc) is 2.30. The first-order valence-corrected chi connectivity index (χ1v) is 5.17. The summed E-state index contributed by atoms with van der Waals surface area (Å²) in [4.78, 5) is 0. The van der Waals surface area contributed by atoms with Crippen LogP contribution in [0.1, 0.15) is 5.56 Å². The van der Waals surface area contributed by atoms with Gasteiger partial charge < -0.3 is 0 Å². The van der Waals surface area contributed by atoms with Crippen LogP contribution in [0.3, 0.4) is 0 Å². The van der Waals surface area contributed by atoms with Crippen LogP contribution in [-0.2, 0) is 0 Å². The molecule has 0 amide bonds. The maximum atomic E-state index is 12.9. The summed E-state index contributed by atoms with van der Waals surface area (Å²) in [6, 6.07) is 16.5. The molecule has 0 saturated heterocycles. The largest absolute Gasteiger partial charge is 0.207 e. The molecule has 2 heteroatoms. The zero-order valence-corrected chi connectivity index (χ0v) is 8.81. The van der Waals surface area contributed by atoms with E-state index in [1.807, 2.05) is 55.7 Å². The van der Waals surface area contributed by atoms with Crippen LogP contribution < -0.4 is 5.46 Å². The number of hydrogen-bond donors (Lipinski definition) is 0. The molecule has 0 nitrogen and oxygen atoms in total. The normalized spacial score (nSPS) is 10.6. The van der Waals surface area contributed by atoms with E-state index in [0.717, 1.165) is 11.0 Å². The van der Waals surface area contributed by atoms with Gasteiger partial charge in [-0.05, 0) is 17.7 Å². The lowest BCUT2D eigenvalue weighted by Gasteiger charge is -1.95. The predicted octanol–water partition coefficient (Wildman–Crippen LogP) is 2.83. The average molecular weight is 209 g/mol. The third-order valence-corrected chi connectivity index (χ3v) is 2.23. The van der Waals surface area contributed by atoms with Gasteiger partial charge in [-0.3, -0.25) is 0 Å². The molecule has 0 aliphatic carbocycles. The van der Waals surface area contributed by atoms with Crippen LogP contribution in [0.5, 0.6) is 0 Å². The van der Waals surface area contributed by atoms with Gasteiger partial charge in [-0.1, -0.05) is 54.0 Å². The van der Waals surface area contributed by atoms with Gasteiger partial charge in [-0.15, -0.1) is 5.98 Å². The van der Waals surface area contributed by atoms with Gasteiger partial charge in [0.25, 0.3) is 0 Å². The first-order valence-electron chi connectivity index (χ1n) is 5.17. The molecule has 0 bridgehead atoms. The van der Waals surface area contributed by atoms with E-state index in [2.05, 4.69) is 0 Å². The van der Waals surface area contributed by atoms with Gasteiger partial charge in [0, 0.05) is 0 Å². The second-order valence-electron chi connectivity index (χ2n) is 3.49. The molecule has 0 heterocycles. The highest BCUT2D eigenvalue weighted by molar-refractivity contribution is 6.59. The van der Waals surface area contributed by atoms with Crippen LogP contribution in [0.2, 0.25) is 0 Å². The number of rotatable bonds is 3. The molecule has 0 spiro atoms. The highest BCUT2D eigenvalue weighted by Crippen LogP contribution is 2.00. The molecule has 0 aliphatic heterocycles. The van der Waals surface area contributed by atoms with Crippen molar-refractivity contribution in [2.45, 2.75) is 0 Å². The Kier molecular flexibility index (Phi) is 3.55. The van der Waals surface area contributed by atoms with Crippen molar-refractivity contribution in [2.24, 2.45) is 0 Å². The highest BCUT2D eigenvalue weighted by atomic mass is 19.1. The Morgan fingerprint density at radius 2 is 1.75 bits per heavy atom.